The number of nitrogens with one attached hydrogen (secondary N) is 1. The summed E-state index contributed by atoms with van der Waals surface area (Å²) in [5, 5.41) is 0. The molecule has 2 heterocycles. The minimum Gasteiger partial charge on any atom is -0.494 e. The molecular formula is C24H19N3O3. The van der Waals surface area contributed by atoms with Crippen LogP contribution in [0, 0.1) is 0 Å². The lowest BCUT2D eigenvalue weighted by molar-refractivity contribution is 0.0647. The van der Waals surface area contributed by atoms with Crippen LogP contribution in [-0.2, 0) is 0 Å². The molecule has 0 spiro atoms. The Hall–Kier alpha value is -3.93. The highest BCUT2D eigenvalue weighted by atomic mass is 16.5. The summed E-state index contributed by atoms with van der Waals surface area (Å²) in [7, 11) is 0. The topological polar surface area (TPSA) is 75.3 Å². The van der Waals surface area contributed by atoms with Gasteiger partial charge in [0, 0.05) is 12.1 Å². The van der Waals surface area contributed by atoms with Crippen molar-refractivity contribution in [3.05, 3.63) is 83.9 Å². The Morgan fingerprint density at radius 1 is 0.833 bits per heavy atom. The number of hydrogen-bond acceptors (Lipinski definition) is 4. The van der Waals surface area contributed by atoms with Gasteiger partial charge in [-0.2, -0.15) is 0 Å². The number of benzene rings is 3. The molecule has 6 heteroatoms. The summed E-state index contributed by atoms with van der Waals surface area (Å²) in [6, 6.07) is 22.5. The first-order valence-electron chi connectivity index (χ1n) is 9.84. The van der Waals surface area contributed by atoms with E-state index in [1.54, 1.807) is 24.3 Å². The van der Waals surface area contributed by atoms with Gasteiger partial charge < -0.3 is 9.72 Å². The van der Waals surface area contributed by atoms with Gasteiger partial charge in [0.25, 0.3) is 11.8 Å². The quantitative estimate of drug-likeness (QED) is 0.389. The first-order chi connectivity index (χ1) is 14.7. The van der Waals surface area contributed by atoms with E-state index in [2.05, 4.69) is 9.97 Å². The fourth-order valence-corrected chi connectivity index (χ4v) is 3.65. The standard InChI is InChI=1S/C24H19N3O3/c28-23-18-6-1-2-7-19(18)24(29)27(23)14-5-15-30-17-12-10-16(11-13-17)22-25-20-8-3-4-9-21(20)26-22/h1-4,6-13H,5,14-15H2,(H,25,26). The van der Waals surface area contributed by atoms with Crippen LogP contribution in [0.3, 0.4) is 0 Å². The van der Waals surface area contributed by atoms with Gasteiger partial charge in [-0.3, -0.25) is 14.5 Å². The van der Waals surface area contributed by atoms with E-state index in [9.17, 15) is 9.59 Å². The van der Waals surface area contributed by atoms with E-state index in [1.807, 2.05) is 48.5 Å². The van der Waals surface area contributed by atoms with Crippen LogP contribution >= 0.6 is 0 Å². The molecule has 0 atom stereocenters. The van der Waals surface area contributed by atoms with Crippen molar-refractivity contribution in [3.8, 4) is 17.1 Å². The Bertz CT molecular complexity index is 1180. The predicted molar refractivity (Wildman–Crippen MR) is 113 cm³/mol. The third kappa shape index (κ3) is 3.22. The molecule has 5 rings (SSSR count). The zero-order valence-corrected chi connectivity index (χ0v) is 16.2. The fourth-order valence-electron chi connectivity index (χ4n) is 3.65. The lowest BCUT2D eigenvalue weighted by Crippen LogP contribution is -2.31. The molecule has 1 aromatic heterocycles. The molecular weight excluding hydrogens is 378 g/mol. The van der Waals surface area contributed by atoms with Gasteiger partial charge in [-0.1, -0.05) is 24.3 Å². The van der Waals surface area contributed by atoms with Crippen LogP contribution in [0.1, 0.15) is 27.1 Å². The summed E-state index contributed by atoms with van der Waals surface area (Å²) in [4.78, 5) is 33.9. The van der Waals surface area contributed by atoms with Crippen LogP contribution in [0.5, 0.6) is 5.75 Å². The third-order valence-electron chi connectivity index (χ3n) is 5.19. The molecule has 0 radical (unpaired) electrons. The lowest BCUT2D eigenvalue weighted by Gasteiger charge is -2.14. The van der Waals surface area contributed by atoms with Gasteiger partial charge in [0.1, 0.15) is 11.6 Å². The largest absolute Gasteiger partial charge is 0.494 e. The second-order valence-electron chi connectivity index (χ2n) is 7.14. The van der Waals surface area contributed by atoms with Gasteiger partial charge in [-0.15, -0.1) is 0 Å². The van der Waals surface area contributed by atoms with Gasteiger partial charge in [0.15, 0.2) is 0 Å². The maximum absolute atomic E-state index is 12.4. The molecule has 0 saturated heterocycles. The molecule has 6 nitrogen and oxygen atoms in total. The van der Waals surface area contributed by atoms with Crippen molar-refractivity contribution in [2.75, 3.05) is 13.2 Å². The molecule has 30 heavy (non-hydrogen) atoms. The molecule has 2 amide bonds. The molecule has 1 N–H and O–H groups in total. The number of fused-ring (bicyclic) bond motifs is 2. The van der Waals surface area contributed by atoms with Crippen LogP contribution in [0.25, 0.3) is 22.4 Å². The smallest absolute Gasteiger partial charge is 0.261 e. The normalized spacial score (nSPS) is 13.1. The monoisotopic (exact) mass is 397 g/mol. The summed E-state index contributed by atoms with van der Waals surface area (Å²) >= 11 is 0. The van der Waals surface area contributed by atoms with Gasteiger partial charge in [-0.25, -0.2) is 4.98 Å². The van der Waals surface area contributed by atoms with E-state index in [4.69, 9.17) is 4.74 Å². The third-order valence-corrected chi connectivity index (χ3v) is 5.19. The number of hydrogen-bond donors (Lipinski definition) is 1. The number of imide groups is 1. The molecule has 4 aromatic rings. The number of imidazole rings is 1. The number of amides is 2. The van der Waals surface area contributed by atoms with Crippen molar-refractivity contribution in [1.82, 2.24) is 14.9 Å². The summed E-state index contributed by atoms with van der Waals surface area (Å²) in [6.07, 6.45) is 0.566. The van der Waals surface area contributed by atoms with Gasteiger partial charge in [0.05, 0.1) is 28.8 Å². The van der Waals surface area contributed by atoms with E-state index >= 15 is 0 Å². The number of aromatic nitrogens is 2. The second-order valence-corrected chi connectivity index (χ2v) is 7.14. The number of rotatable bonds is 6. The fraction of sp³-hybridized carbons (Fsp3) is 0.125. The average Bonchev–Trinajstić information content (AvgIpc) is 3.32. The molecule has 0 unspecified atom stereocenters. The van der Waals surface area contributed by atoms with Crippen molar-refractivity contribution in [1.29, 1.82) is 0 Å². The highest BCUT2D eigenvalue weighted by molar-refractivity contribution is 6.21. The Kier molecular flexibility index (Phi) is 4.52. The highest BCUT2D eigenvalue weighted by Gasteiger charge is 2.34. The minimum absolute atomic E-state index is 0.231. The van der Waals surface area contributed by atoms with Gasteiger partial charge in [0.2, 0.25) is 0 Å². The molecule has 0 bridgehead atoms. The maximum atomic E-state index is 12.4. The van der Waals surface area contributed by atoms with Crippen LogP contribution in [0.4, 0.5) is 0 Å². The molecule has 1 aliphatic heterocycles. The Labute approximate surface area is 173 Å². The Balaban J connectivity index is 1.17. The van der Waals surface area contributed by atoms with E-state index < -0.39 is 0 Å². The second kappa shape index (κ2) is 7.48. The summed E-state index contributed by atoms with van der Waals surface area (Å²) in [5.74, 6) is 1.09. The first kappa shape index (κ1) is 18.1. The summed E-state index contributed by atoms with van der Waals surface area (Å²) in [5.41, 5.74) is 3.86. The Morgan fingerprint density at radius 2 is 1.50 bits per heavy atom. The SMILES string of the molecule is O=C1c2ccccc2C(=O)N1CCCOc1ccc(-c2nc3ccccc3[nH]2)cc1. The van der Waals surface area contributed by atoms with Crippen molar-refractivity contribution in [3.63, 3.8) is 0 Å². The zero-order chi connectivity index (χ0) is 20.5. The lowest BCUT2D eigenvalue weighted by atomic mass is 10.1. The number of ether oxygens (including phenoxy) is 1. The number of H-pyrrole nitrogens is 1. The van der Waals surface area contributed by atoms with Crippen LogP contribution < -0.4 is 4.74 Å². The average molecular weight is 397 g/mol. The maximum Gasteiger partial charge on any atom is 0.261 e. The summed E-state index contributed by atoms with van der Waals surface area (Å²) in [6.45, 7) is 0.751. The van der Waals surface area contributed by atoms with Crippen molar-refractivity contribution in [2.24, 2.45) is 0 Å². The number of nitrogens with zero attached hydrogens (tertiary/aromatic N) is 2. The number of para-hydroxylation sites is 2. The van der Waals surface area contributed by atoms with E-state index in [1.165, 1.54) is 4.90 Å². The van der Waals surface area contributed by atoms with Crippen molar-refractivity contribution >= 4 is 22.8 Å². The van der Waals surface area contributed by atoms with E-state index in [0.29, 0.717) is 30.7 Å². The number of carbonyl (C=O) groups is 2. The van der Waals surface area contributed by atoms with E-state index in [0.717, 1.165) is 28.2 Å². The number of carbonyl (C=O) groups excluding carboxylic acids is 2. The molecule has 0 saturated carbocycles. The van der Waals surface area contributed by atoms with Crippen molar-refractivity contribution in [2.45, 2.75) is 6.42 Å². The van der Waals surface area contributed by atoms with Crippen LogP contribution in [0.15, 0.2) is 72.8 Å². The van der Waals surface area contributed by atoms with Crippen LogP contribution in [-0.4, -0.2) is 39.8 Å². The van der Waals surface area contributed by atoms with E-state index in [-0.39, 0.29) is 11.8 Å². The summed E-state index contributed by atoms with van der Waals surface area (Å²) < 4.78 is 5.78. The first-order valence-corrected chi connectivity index (χ1v) is 9.84. The molecule has 3 aromatic carbocycles. The van der Waals surface area contributed by atoms with Gasteiger partial charge >= 0.3 is 0 Å². The molecule has 0 fully saturated rings. The predicted octanol–water partition coefficient (Wildman–Crippen LogP) is 4.30. The van der Waals surface area contributed by atoms with Gasteiger partial charge in [-0.05, 0) is 55.0 Å². The molecule has 148 valence electrons. The van der Waals surface area contributed by atoms with Crippen LogP contribution in [0.2, 0.25) is 0 Å². The molecule has 1 aliphatic rings. The highest BCUT2D eigenvalue weighted by Crippen LogP contribution is 2.24. The number of aromatic amines is 1. The zero-order valence-electron chi connectivity index (χ0n) is 16.2. The van der Waals surface area contributed by atoms with Crippen molar-refractivity contribution < 1.29 is 14.3 Å². The Morgan fingerprint density at radius 3 is 2.20 bits per heavy atom. The minimum atomic E-state index is -0.231. The molecule has 0 aliphatic carbocycles.